The minimum Gasteiger partial charge on any atom is -0.462 e. The van der Waals surface area contributed by atoms with Gasteiger partial charge in [0, 0.05) is 6.07 Å². The average Bonchev–Trinajstić information content (AvgIpc) is 2.38. The van der Waals surface area contributed by atoms with Crippen molar-refractivity contribution in [2.24, 2.45) is 0 Å². The van der Waals surface area contributed by atoms with Crippen LogP contribution in [0.25, 0.3) is 0 Å². The van der Waals surface area contributed by atoms with Crippen LogP contribution in [0.4, 0.5) is 5.69 Å². The average molecular weight is 303 g/mol. The molecule has 0 aliphatic heterocycles. The molecule has 0 aliphatic rings. The van der Waals surface area contributed by atoms with Gasteiger partial charge in [-0.3, -0.25) is 10.1 Å². The summed E-state index contributed by atoms with van der Waals surface area (Å²) >= 11 is 5.61. The zero-order valence-electron chi connectivity index (χ0n) is 10.7. The molecular weight excluding hydrogens is 292 g/mol. The molecule has 0 saturated heterocycles. The third-order valence-corrected chi connectivity index (χ3v) is 2.40. The number of nitrogens with zero attached hydrogens (tertiary/aromatic N) is 2. The van der Waals surface area contributed by atoms with Crippen molar-refractivity contribution in [1.82, 2.24) is 4.98 Å². The van der Waals surface area contributed by atoms with Crippen molar-refractivity contribution >= 4 is 29.2 Å². The lowest BCUT2D eigenvalue weighted by atomic mass is 10.2. The summed E-state index contributed by atoms with van der Waals surface area (Å²) in [6, 6.07) is 0.847. The number of aromatic nitrogens is 1. The molecule has 0 atom stereocenters. The number of carbonyl (C=O) groups excluding carboxylic acids is 2. The lowest BCUT2D eigenvalue weighted by molar-refractivity contribution is -0.385. The molecule has 9 heteroatoms. The van der Waals surface area contributed by atoms with E-state index in [9.17, 15) is 19.7 Å². The number of hydrogen-bond donors (Lipinski definition) is 0. The third kappa shape index (κ3) is 3.41. The largest absolute Gasteiger partial charge is 0.462 e. The molecule has 0 fully saturated rings. The number of rotatable bonds is 5. The smallest absolute Gasteiger partial charge is 0.357 e. The van der Waals surface area contributed by atoms with Gasteiger partial charge in [0.05, 0.1) is 23.7 Å². The van der Waals surface area contributed by atoms with Gasteiger partial charge in [0.1, 0.15) is 0 Å². The molecule has 0 radical (unpaired) electrons. The first-order chi connectivity index (χ1) is 9.42. The van der Waals surface area contributed by atoms with Crippen LogP contribution < -0.4 is 0 Å². The Kier molecular flexibility index (Phi) is 5.39. The molecule has 20 heavy (non-hydrogen) atoms. The highest BCUT2D eigenvalue weighted by atomic mass is 35.5. The van der Waals surface area contributed by atoms with E-state index >= 15 is 0 Å². The molecule has 0 bridgehead atoms. The topological polar surface area (TPSA) is 109 Å². The van der Waals surface area contributed by atoms with Crippen LogP contribution in [0.2, 0.25) is 5.15 Å². The van der Waals surface area contributed by atoms with Crippen molar-refractivity contribution in [3.8, 4) is 0 Å². The molecule has 0 aromatic carbocycles. The standard InChI is InChI=1S/C11H11ClN2O6/c1-3-19-10(15)6-5-7(14(17)18)9(12)13-8(6)11(16)20-4-2/h5H,3-4H2,1-2H3. The van der Waals surface area contributed by atoms with Gasteiger partial charge in [0.25, 0.3) is 0 Å². The van der Waals surface area contributed by atoms with E-state index in [0.717, 1.165) is 6.07 Å². The Labute approximate surface area is 118 Å². The summed E-state index contributed by atoms with van der Waals surface area (Å²) in [6.07, 6.45) is 0. The molecule has 0 amide bonds. The SMILES string of the molecule is CCOC(=O)c1cc([N+](=O)[O-])c(Cl)nc1C(=O)OCC. The van der Waals surface area contributed by atoms with Gasteiger partial charge in [-0.05, 0) is 13.8 Å². The second kappa shape index (κ2) is 6.80. The zero-order valence-corrected chi connectivity index (χ0v) is 11.5. The Morgan fingerprint density at radius 3 is 2.35 bits per heavy atom. The lowest BCUT2D eigenvalue weighted by Gasteiger charge is -2.08. The number of nitro groups is 1. The van der Waals surface area contributed by atoms with Crippen LogP contribution in [0.1, 0.15) is 34.7 Å². The van der Waals surface area contributed by atoms with Crippen LogP contribution in [0, 0.1) is 10.1 Å². The molecule has 1 heterocycles. The van der Waals surface area contributed by atoms with E-state index in [1.165, 1.54) is 0 Å². The van der Waals surface area contributed by atoms with Gasteiger partial charge in [-0.25, -0.2) is 14.6 Å². The first-order valence-electron chi connectivity index (χ1n) is 5.61. The Balaban J connectivity index is 3.40. The molecule has 0 spiro atoms. The molecule has 0 N–H and O–H groups in total. The Hall–Kier alpha value is -2.22. The van der Waals surface area contributed by atoms with E-state index in [0.29, 0.717) is 0 Å². The molecule has 1 aromatic heterocycles. The molecule has 0 aliphatic carbocycles. The fourth-order valence-electron chi connectivity index (χ4n) is 1.33. The van der Waals surface area contributed by atoms with Crippen LogP contribution in [-0.4, -0.2) is 35.1 Å². The lowest BCUT2D eigenvalue weighted by Crippen LogP contribution is -2.17. The third-order valence-electron chi connectivity index (χ3n) is 2.12. The quantitative estimate of drug-likeness (QED) is 0.354. The van der Waals surface area contributed by atoms with Gasteiger partial charge in [0.15, 0.2) is 5.69 Å². The number of ether oxygens (including phenoxy) is 2. The van der Waals surface area contributed by atoms with Gasteiger partial charge < -0.3 is 9.47 Å². The fourth-order valence-corrected chi connectivity index (χ4v) is 1.54. The maximum atomic E-state index is 11.7. The molecule has 0 unspecified atom stereocenters. The van der Waals surface area contributed by atoms with Crippen molar-refractivity contribution in [1.29, 1.82) is 0 Å². The predicted molar refractivity (Wildman–Crippen MR) is 67.8 cm³/mol. The summed E-state index contributed by atoms with van der Waals surface area (Å²) in [5, 5.41) is 10.3. The highest BCUT2D eigenvalue weighted by Crippen LogP contribution is 2.26. The van der Waals surface area contributed by atoms with E-state index in [1.807, 2.05) is 0 Å². The van der Waals surface area contributed by atoms with Crippen LogP contribution in [-0.2, 0) is 9.47 Å². The van der Waals surface area contributed by atoms with Gasteiger partial charge in [0.2, 0.25) is 5.15 Å². The molecule has 1 aromatic rings. The van der Waals surface area contributed by atoms with Gasteiger partial charge in [-0.2, -0.15) is 0 Å². The fraction of sp³-hybridized carbons (Fsp3) is 0.364. The first kappa shape index (κ1) is 15.8. The van der Waals surface area contributed by atoms with Crippen LogP contribution in [0.3, 0.4) is 0 Å². The molecule has 108 valence electrons. The minimum absolute atomic E-state index is 0.0392. The zero-order chi connectivity index (χ0) is 15.3. The molecule has 1 rings (SSSR count). The van der Waals surface area contributed by atoms with Crippen molar-refractivity contribution in [3.05, 3.63) is 32.6 Å². The number of esters is 2. The summed E-state index contributed by atoms with van der Waals surface area (Å²) in [7, 11) is 0. The Morgan fingerprint density at radius 2 is 1.85 bits per heavy atom. The van der Waals surface area contributed by atoms with Crippen molar-refractivity contribution in [2.75, 3.05) is 13.2 Å². The summed E-state index contributed by atoms with van der Waals surface area (Å²) in [5.41, 5.74) is -1.37. The highest BCUT2D eigenvalue weighted by molar-refractivity contribution is 6.31. The van der Waals surface area contributed by atoms with Gasteiger partial charge in [-0.1, -0.05) is 11.6 Å². The van der Waals surface area contributed by atoms with Crippen LogP contribution >= 0.6 is 11.6 Å². The summed E-state index contributed by atoms with van der Waals surface area (Å²) in [4.78, 5) is 36.9. The highest BCUT2D eigenvalue weighted by Gasteiger charge is 2.27. The number of carbonyl (C=O) groups is 2. The van der Waals surface area contributed by atoms with Crippen LogP contribution in [0.15, 0.2) is 6.07 Å². The predicted octanol–water partition coefficient (Wildman–Crippen LogP) is 2.00. The monoisotopic (exact) mass is 302 g/mol. The van der Waals surface area contributed by atoms with E-state index in [4.69, 9.17) is 21.1 Å². The maximum Gasteiger partial charge on any atom is 0.357 e. The summed E-state index contributed by atoms with van der Waals surface area (Å²) < 4.78 is 9.43. The van der Waals surface area contributed by atoms with Crippen LogP contribution in [0.5, 0.6) is 0 Å². The molecule has 8 nitrogen and oxygen atoms in total. The summed E-state index contributed by atoms with van der Waals surface area (Å²) in [6.45, 7) is 3.21. The van der Waals surface area contributed by atoms with E-state index in [1.54, 1.807) is 13.8 Å². The number of pyridine rings is 1. The second-order valence-corrected chi connectivity index (χ2v) is 3.75. The van der Waals surface area contributed by atoms with E-state index in [-0.39, 0.29) is 18.8 Å². The van der Waals surface area contributed by atoms with Gasteiger partial charge >= 0.3 is 17.6 Å². The minimum atomic E-state index is -0.914. The van der Waals surface area contributed by atoms with Crippen molar-refractivity contribution in [3.63, 3.8) is 0 Å². The summed E-state index contributed by atoms with van der Waals surface area (Å²) in [5.74, 6) is -1.82. The van der Waals surface area contributed by atoms with Crippen molar-refractivity contribution in [2.45, 2.75) is 13.8 Å². The Morgan fingerprint density at radius 1 is 1.30 bits per heavy atom. The maximum absolute atomic E-state index is 11.7. The Bertz CT molecular complexity index is 560. The van der Waals surface area contributed by atoms with Gasteiger partial charge in [-0.15, -0.1) is 0 Å². The molecular formula is C11H11ClN2O6. The normalized spacial score (nSPS) is 9.95. The second-order valence-electron chi connectivity index (χ2n) is 3.39. The first-order valence-corrected chi connectivity index (χ1v) is 5.99. The van der Waals surface area contributed by atoms with E-state index in [2.05, 4.69) is 4.98 Å². The van der Waals surface area contributed by atoms with Crippen molar-refractivity contribution < 1.29 is 24.0 Å². The van der Waals surface area contributed by atoms with E-state index < -0.39 is 33.4 Å². The number of hydrogen-bond acceptors (Lipinski definition) is 7. The molecule has 0 saturated carbocycles. The number of halogens is 1.